The summed E-state index contributed by atoms with van der Waals surface area (Å²) in [4.78, 5) is 0. The Morgan fingerprint density at radius 1 is 1.05 bits per heavy atom. The minimum absolute atomic E-state index is 0.251. The summed E-state index contributed by atoms with van der Waals surface area (Å²) in [6, 6.07) is 9.34. The van der Waals surface area contributed by atoms with Crippen molar-refractivity contribution in [3.63, 3.8) is 0 Å². The lowest BCUT2D eigenvalue weighted by Crippen LogP contribution is -2.36. The van der Waals surface area contributed by atoms with Crippen molar-refractivity contribution >= 4 is 0 Å². The van der Waals surface area contributed by atoms with E-state index in [1.54, 1.807) is 0 Å². The predicted molar refractivity (Wildman–Crippen MR) is 92.8 cm³/mol. The summed E-state index contributed by atoms with van der Waals surface area (Å²) in [5, 5.41) is 3.65. The monoisotopic (exact) mass is 287 g/mol. The van der Waals surface area contributed by atoms with Gasteiger partial charge >= 0.3 is 0 Å². The topological polar surface area (TPSA) is 12.0 Å². The molecule has 0 heterocycles. The van der Waals surface area contributed by atoms with Crippen LogP contribution in [0.4, 0.5) is 0 Å². The zero-order valence-corrected chi connectivity index (χ0v) is 14.6. The number of rotatable bonds is 7. The lowest BCUT2D eigenvalue weighted by atomic mass is 9.78. The Hall–Kier alpha value is -0.820. The molecule has 1 saturated carbocycles. The van der Waals surface area contributed by atoms with Gasteiger partial charge in [-0.3, -0.25) is 0 Å². The molecule has 1 N–H and O–H groups in total. The Morgan fingerprint density at radius 3 is 2.14 bits per heavy atom. The van der Waals surface area contributed by atoms with E-state index in [-0.39, 0.29) is 5.41 Å². The highest BCUT2D eigenvalue weighted by atomic mass is 14.9. The number of hydrogen-bond donors (Lipinski definition) is 1. The van der Waals surface area contributed by atoms with Crippen molar-refractivity contribution in [2.75, 3.05) is 13.1 Å². The van der Waals surface area contributed by atoms with Crippen LogP contribution >= 0.6 is 0 Å². The zero-order chi connectivity index (χ0) is 15.5. The number of hydrogen-bond acceptors (Lipinski definition) is 1. The molecule has 118 valence electrons. The third-order valence-electron chi connectivity index (χ3n) is 4.95. The maximum Gasteiger partial charge on any atom is 0.00110 e. The van der Waals surface area contributed by atoms with E-state index in [0.717, 1.165) is 19.0 Å². The Kier molecular flexibility index (Phi) is 5.14. The molecule has 1 unspecified atom stereocenters. The van der Waals surface area contributed by atoms with Crippen molar-refractivity contribution in [3.05, 3.63) is 35.4 Å². The second kappa shape index (κ2) is 6.52. The van der Waals surface area contributed by atoms with E-state index in [9.17, 15) is 0 Å². The highest BCUT2D eigenvalue weighted by Crippen LogP contribution is 2.47. The van der Waals surface area contributed by atoms with Crippen molar-refractivity contribution in [1.29, 1.82) is 0 Å². The fourth-order valence-corrected chi connectivity index (χ4v) is 3.27. The third-order valence-corrected chi connectivity index (χ3v) is 4.95. The lowest BCUT2D eigenvalue weighted by molar-refractivity contribution is 0.256. The molecule has 0 saturated heterocycles. The first-order valence-corrected chi connectivity index (χ1v) is 8.65. The minimum Gasteiger partial charge on any atom is -0.316 e. The first kappa shape index (κ1) is 16.5. The second-order valence-electron chi connectivity index (χ2n) is 8.23. The molecule has 1 atom stereocenters. The zero-order valence-electron chi connectivity index (χ0n) is 14.6. The number of benzene rings is 1. The molecule has 0 radical (unpaired) electrons. The smallest absolute Gasteiger partial charge is 0.00110 e. The summed E-state index contributed by atoms with van der Waals surface area (Å²) in [6.07, 6.45) is 5.27. The van der Waals surface area contributed by atoms with Crippen LogP contribution in [0.15, 0.2) is 24.3 Å². The largest absolute Gasteiger partial charge is 0.316 e. The summed E-state index contributed by atoms with van der Waals surface area (Å²) >= 11 is 0. The van der Waals surface area contributed by atoms with Gasteiger partial charge in [-0.15, -0.1) is 0 Å². The van der Waals surface area contributed by atoms with E-state index < -0.39 is 0 Å². The van der Waals surface area contributed by atoms with E-state index >= 15 is 0 Å². The van der Waals surface area contributed by atoms with Crippen molar-refractivity contribution in [1.82, 2.24) is 5.32 Å². The average molecular weight is 287 g/mol. The van der Waals surface area contributed by atoms with Crippen LogP contribution in [0, 0.1) is 11.3 Å². The molecule has 1 fully saturated rings. The summed E-state index contributed by atoms with van der Waals surface area (Å²) in [5.41, 5.74) is 3.61. The van der Waals surface area contributed by atoms with Crippen LogP contribution in [0.3, 0.4) is 0 Å². The quantitative estimate of drug-likeness (QED) is 0.700. The lowest BCUT2D eigenvalue weighted by Gasteiger charge is -2.31. The molecule has 1 aromatic carbocycles. The van der Waals surface area contributed by atoms with Gasteiger partial charge in [-0.2, -0.15) is 0 Å². The fourth-order valence-electron chi connectivity index (χ4n) is 3.27. The van der Waals surface area contributed by atoms with Crippen LogP contribution in [0.25, 0.3) is 0 Å². The van der Waals surface area contributed by atoms with E-state index in [1.165, 1.54) is 36.8 Å². The molecule has 1 aliphatic rings. The minimum atomic E-state index is 0.251. The van der Waals surface area contributed by atoms with Crippen molar-refractivity contribution in [2.24, 2.45) is 11.3 Å². The van der Waals surface area contributed by atoms with Gasteiger partial charge in [0.15, 0.2) is 0 Å². The van der Waals surface area contributed by atoms with E-state index in [0.29, 0.717) is 5.41 Å². The maximum absolute atomic E-state index is 3.65. The molecule has 21 heavy (non-hydrogen) atoms. The molecular formula is C20H33N. The Labute approximate surface area is 131 Å². The first-order chi connectivity index (χ1) is 9.85. The van der Waals surface area contributed by atoms with Gasteiger partial charge in [-0.25, -0.2) is 0 Å². The first-order valence-electron chi connectivity index (χ1n) is 8.65. The molecule has 1 aliphatic carbocycles. The number of nitrogens with one attached hydrogen (secondary N) is 1. The van der Waals surface area contributed by atoms with Crippen LogP contribution in [-0.2, 0) is 11.8 Å². The maximum atomic E-state index is 3.65. The summed E-state index contributed by atoms with van der Waals surface area (Å²) in [7, 11) is 0. The van der Waals surface area contributed by atoms with Crippen molar-refractivity contribution in [3.8, 4) is 0 Å². The molecule has 0 bridgehead atoms. The van der Waals surface area contributed by atoms with Gasteiger partial charge in [0.25, 0.3) is 0 Å². The summed E-state index contributed by atoms with van der Waals surface area (Å²) in [6.45, 7) is 13.9. The average Bonchev–Trinajstić information content (AvgIpc) is 3.23. The molecule has 0 aliphatic heterocycles. The Morgan fingerprint density at radius 2 is 1.67 bits per heavy atom. The molecule has 0 amide bonds. The predicted octanol–water partition coefficient (Wildman–Crippen LogP) is 4.94. The second-order valence-corrected chi connectivity index (χ2v) is 8.23. The Bertz CT molecular complexity index is 436. The van der Waals surface area contributed by atoms with Gasteiger partial charge < -0.3 is 5.32 Å². The van der Waals surface area contributed by atoms with Gasteiger partial charge in [0, 0.05) is 6.54 Å². The SMILES string of the molecule is CCCNCC(C)(Cc1ccc(C(C)(C)C)cc1)C1CC1. The van der Waals surface area contributed by atoms with Crippen molar-refractivity contribution < 1.29 is 0 Å². The van der Waals surface area contributed by atoms with Crippen LogP contribution in [0.1, 0.15) is 65.0 Å². The molecule has 1 heteroatoms. The van der Waals surface area contributed by atoms with E-state index in [2.05, 4.69) is 64.2 Å². The highest BCUT2D eigenvalue weighted by Gasteiger charge is 2.40. The van der Waals surface area contributed by atoms with Crippen LogP contribution in [0.5, 0.6) is 0 Å². The van der Waals surface area contributed by atoms with E-state index in [1.807, 2.05) is 0 Å². The van der Waals surface area contributed by atoms with Gasteiger partial charge in [-0.05, 0) is 60.1 Å². The normalized spacial score (nSPS) is 18.5. The summed E-state index contributed by atoms with van der Waals surface area (Å²) < 4.78 is 0. The van der Waals surface area contributed by atoms with Gasteiger partial charge in [0.1, 0.15) is 0 Å². The molecule has 0 aromatic heterocycles. The van der Waals surface area contributed by atoms with Gasteiger partial charge in [0.05, 0.1) is 0 Å². The highest BCUT2D eigenvalue weighted by molar-refractivity contribution is 5.28. The molecule has 2 rings (SSSR count). The molecular weight excluding hydrogens is 254 g/mol. The standard InChI is InChI=1S/C20H33N/c1-6-13-21-15-20(5,18-11-12-18)14-16-7-9-17(10-8-16)19(2,3)4/h7-10,18,21H,6,11-15H2,1-5H3. The van der Waals surface area contributed by atoms with Crippen molar-refractivity contribution in [2.45, 2.75) is 65.7 Å². The Balaban J connectivity index is 2.03. The molecule has 1 nitrogen and oxygen atoms in total. The van der Waals surface area contributed by atoms with Crippen LogP contribution in [0.2, 0.25) is 0 Å². The fraction of sp³-hybridized carbons (Fsp3) is 0.700. The van der Waals surface area contributed by atoms with E-state index in [4.69, 9.17) is 0 Å². The molecule has 1 aromatic rings. The van der Waals surface area contributed by atoms with Gasteiger partial charge in [-0.1, -0.05) is 58.9 Å². The van der Waals surface area contributed by atoms with Crippen LogP contribution in [-0.4, -0.2) is 13.1 Å². The third kappa shape index (κ3) is 4.57. The molecule has 0 spiro atoms. The van der Waals surface area contributed by atoms with Gasteiger partial charge in [0.2, 0.25) is 0 Å². The van der Waals surface area contributed by atoms with Crippen LogP contribution < -0.4 is 5.32 Å². The summed E-state index contributed by atoms with van der Waals surface area (Å²) in [5.74, 6) is 0.921.